The monoisotopic (exact) mass is 457 g/mol. The van der Waals surface area contributed by atoms with Gasteiger partial charge in [-0.2, -0.15) is 0 Å². The molecule has 1 aromatic heterocycles. The van der Waals surface area contributed by atoms with E-state index in [2.05, 4.69) is 5.32 Å². The standard InChI is InChI=1S/C27H23NO4S/c29-25(21-9-5-2-6-10-21)26-23(15-16-33-26)28-24(27(30)31)17-19-11-13-22(14-12-19)32-18-20-7-3-1-4-8-20/h1-16,24,28H,17-18H2,(H,30,31). The number of thiophene rings is 1. The van der Waals surface area contributed by atoms with Gasteiger partial charge in [0.1, 0.15) is 18.4 Å². The lowest BCUT2D eigenvalue weighted by molar-refractivity contribution is -0.137. The van der Waals surface area contributed by atoms with Gasteiger partial charge in [0.05, 0.1) is 10.6 Å². The third-order valence-corrected chi connectivity index (χ3v) is 6.06. The van der Waals surface area contributed by atoms with Gasteiger partial charge in [-0.05, 0) is 34.7 Å². The number of carboxylic acid groups (broad SMARTS) is 1. The van der Waals surface area contributed by atoms with Crippen LogP contribution in [-0.2, 0) is 17.8 Å². The molecule has 33 heavy (non-hydrogen) atoms. The van der Waals surface area contributed by atoms with Crippen LogP contribution >= 0.6 is 11.3 Å². The van der Waals surface area contributed by atoms with E-state index in [9.17, 15) is 14.7 Å². The van der Waals surface area contributed by atoms with E-state index < -0.39 is 12.0 Å². The van der Waals surface area contributed by atoms with Crippen molar-refractivity contribution in [3.8, 4) is 5.75 Å². The summed E-state index contributed by atoms with van der Waals surface area (Å²) in [6.07, 6.45) is 0.267. The van der Waals surface area contributed by atoms with Crippen molar-refractivity contribution < 1.29 is 19.4 Å². The quantitative estimate of drug-likeness (QED) is 0.300. The number of hydrogen-bond acceptors (Lipinski definition) is 5. The molecule has 6 heteroatoms. The van der Waals surface area contributed by atoms with Crippen LogP contribution in [0.3, 0.4) is 0 Å². The summed E-state index contributed by atoms with van der Waals surface area (Å²) in [6, 6.07) is 27.1. The molecule has 4 rings (SSSR count). The van der Waals surface area contributed by atoms with E-state index in [0.29, 0.717) is 22.7 Å². The number of rotatable bonds is 10. The molecule has 0 radical (unpaired) electrons. The summed E-state index contributed by atoms with van der Waals surface area (Å²) < 4.78 is 5.80. The van der Waals surface area contributed by atoms with Gasteiger partial charge in [-0.15, -0.1) is 11.3 Å². The Bertz CT molecular complexity index is 1200. The Morgan fingerprint density at radius 1 is 0.848 bits per heavy atom. The highest BCUT2D eigenvalue weighted by Crippen LogP contribution is 2.27. The molecule has 0 spiro atoms. The van der Waals surface area contributed by atoms with Gasteiger partial charge >= 0.3 is 5.97 Å². The third kappa shape index (κ3) is 5.87. The zero-order chi connectivity index (χ0) is 23.0. The lowest BCUT2D eigenvalue weighted by Gasteiger charge is -2.16. The van der Waals surface area contributed by atoms with Gasteiger partial charge < -0.3 is 15.2 Å². The summed E-state index contributed by atoms with van der Waals surface area (Å²) in [5, 5.41) is 14.6. The fourth-order valence-corrected chi connectivity index (χ4v) is 4.22. The summed E-state index contributed by atoms with van der Waals surface area (Å²) in [4.78, 5) is 25.3. The van der Waals surface area contributed by atoms with E-state index in [1.54, 1.807) is 35.7 Å². The van der Waals surface area contributed by atoms with Crippen LogP contribution in [0.15, 0.2) is 96.4 Å². The number of anilines is 1. The number of carboxylic acids is 1. The molecule has 0 aliphatic carbocycles. The van der Waals surface area contributed by atoms with Gasteiger partial charge in [-0.1, -0.05) is 72.8 Å². The molecule has 2 N–H and O–H groups in total. The van der Waals surface area contributed by atoms with Crippen molar-refractivity contribution in [3.63, 3.8) is 0 Å². The molecule has 0 bridgehead atoms. The Hall–Kier alpha value is -3.90. The van der Waals surface area contributed by atoms with Gasteiger partial charge in [0.15, 0.2) is 0 Å². The molecule has 0 aliphatic heterocycles. The van der Waals surface area contributed by atoms with Crippen LogP contribution in [0.1, 0.15) is 26.4 Å². The first-order chi connectivity index (χ1) is 16.1. The van der Waals surface area contributed by atoms with Crippen molar-refractivity contribution in [1.29, 1.82) is 0 Å². The van der Waals surface area contributed by atoms with E-state index in [1.165, 1.54) is 11.3 Å². The number of carbonyl (C=O) groups is 2. The van der Waals surface area contributed by atoms with E-state index >= 15 is 0 Å². The highest BCUT2D eigenvalue weighted by Gasteiger charge is 2.22. The number of hydrogen-bond donors (Lipinski definition) is 2. The predicted octanol–water partition coefficient (Wildman–Crippen LogP) is 5.67. The van der Waals surface area contributed by atoms with Gasteiger partial charge in [0.2, 0.25) is 5.78 Å². The highest BCUT2D eigenvalue weighted by atomic mass is 32.1. The van der Waals surface area contributed by atoms with Crippen LogP contribution in [0.4, 0.5) is 5.69 Å². The second-order valence-electron chi connectivity index (χ2n) is 7.52. The molecule has 0 saturated heterocycles. The maximum Gasteiger partial charge on any atom is 0.326 e. The molecule has 5 nitrogen and oxygen atoms in total. The van der Waals surface area contributed by atoms with E-state index in [0.717, 1.165) is 16.9 Å². The van der Waals surface area contributed by atoms with Crippen LogP contribution in [0.25, 0.3) is 0 Å². The second-order valence-corrected chi connectivity index (χ2v) is 8.43. The van der Waals surface area contributed by atoms with Gasteiger partial charge in [0.25, 0.3) is 0 Å². The Balaban J connectivity index is 1.41. The topological polar surface area (TPSA) is 75.6 Å². The minimum atomic E-state index is -0.983. The Labute approximate surface area is 196 Å². The molecule has 1 heterocycles. The molecule has 0 amide bonds. The number of nitrogens with one attached hydrogen (secondary N) is 1. The zero-order valence-corrected chi connectivity index (χ0v) is 18.6. The molecule has 0 fully saturated rings. The molecule has 1 unspecified atom stereocenters. The molecule has 4 aromatic rings. The summed E-state index contributed by atoms with van der Waals surface area (Å²) in [7, 11) is 0. The van der Waals surface area contributed by atoms with Gasteiger partial charge in [0, 0.05) is 12.0 Å². The van der Waals surface area contributed by atoms with Gasteiger partial charge in [-0.25, -0.2) is 4.79 Å². The van der Waals surface area contributed by atoms with E-state index in [4.69, 9.17) is 4.74 Å². The average Bonchev–Trinajstić information content (AvgIpc) is 3.32. The van der Waals surface area contributed by atoms with Crippen molar-refractivity contribution in [3.05, 3.63) is 118 Å². The lowest BCUT2D eigenvalue weighted by Crippen LogP contribution is -2.31. The Kier molecular flexibility index (Phi) is 7.17. The number of aliphatic carboxylic acids is 1. The normalized spacial score (nSPS) is 11.5. The van der Waals surface area contributed by atoms with Crippen LogP contribution in [0, 0.1) is 0 Å². The van der Waals surface area contributed by atoms with Gasteiger partial charge in [-0.3, -0.25) is 4.79 Å². The van der Waals surface area contributed by atoms with Crippen molar-refractivity contribution >= 4 is 28.8 Å². The molecular formula is C27H23NO4S. The molecular weight excluding hydrogens is 434 g/mol. The fourth-order valence-electron chi connectivity index (χ4n) is 3.41. The highest BCUT2D eigenvalue weighted by molar-refractivity contribution is 7.13. The lowest BCUT2D eigenvalue weighted by atomic mass is 10.0. The Morgan fingerprint density at radius 2 is 1.52 bits per heavy atom. The first-order valence-corrected chi connectivity index (χ1v) is 11.4. The molecule has 3 aromatic carbocycles. The van der Waals surface area contributed by atoms with Crippen LogP contribution in [0.2, 0.25) is 0 Å². The van der Waals surface area contributed by atoms with E-state index in [-0.39, 0.29) is 12.2 Å². The molecule has 1 atom stereocenters. The maximum atomic E-state index is 12.8. The minimum Gasteiger partial charge on any atom is -0.489 e. The number of ketones is 1. The predicted molar refractivity (Wildman–Crippen MR) is 130 cm³/mol. The largest absolute Gasteiger partial charge is 0.489 e. The SMILES string of the molecule is O=C(c1ccccc1)c1sccc1NC(Cc1ccc(OCc2ccccc2)cc1)C(=O)O. The molecule has 0 saturated carbocycles. The fraction of sp³-hybridized carbons (Fsp3) is 0.111. The molecule has 0 aliphatic rings. The number of benzene rings is 3. The first kappa shape index (κ1) is 22.3. The maximum absolute atomic E-state index is 12.8. The summed E-state index contributed by atoms with van der Waals surface area (Å²) in [5.41, 5.74) is 3.03. The Morgan fingerprint density at radius 3 is 2.18 bits per heavy atom. The van der Waals surface area contributed by atoms with Crippen molar-refractivity contribution in [2.75, 3.05) is 5.32 Å². The van der Waals surface area contributed by atoms with Crippen molar-refractivity contribution in [2.24, 2.45) is 0 Å². The first-order valence-electron chi connectivity index (χ1n) is 10.5. The molecule has 166 valence electrons. The number of ether oxygens (including phenoxy) is 1. The van der Waals surface area contributed by atoms with Crippen molar-refractivity contribution in [2.45, 2.75) is 19.1 Å². The van der Waals surface area contributed by atoms with Crippen LogP contribution in [-0.4, -0.2) is 22.9 Å². The summed E-state index contributed by atoms with van der Waals surface area (Å²) in [5.74, 6) is -0.392. The zero-order valence-electron chi connectivity index (χ0n) is 17.8. The van der Waals surface area contributed by atoms with Crippen LogP contribution in [0.5, 0.6) is 5.75 Å². The van der Waals surface area contributed by atoms with Crippen molar-refractivity contribution in [1.82, 2.24) is 0 Å². The second kappa shape index (κ2) is 10.6. The number of carbonyl (C=O) groups excluding carboxylic acids is 1. The smallest absolute Gasteiger partial charge is 0.326 e. The van der Waals surface area contributed by atoms with Crippen LogP contribution < -0.4 is 10.1 Å². The summed E-state index contributed by atoms with van der Waals surface area (Å²) in [6.45, 7) is 0.468. The van der Waals surface area contributed by atoms with E-state index in [1.807, 2.05) is 60.7 Å². The third-order valence-electron chi connectivity index (χ3n) is 5.15. The average molecular weight is 458 g/mol. The minimum absolute atomic E-state index is 0.128. The summed E-state index contributed by atoms with van der Waals surface area (Å²) >= 11 is 1.30.